The first-order chi connectivity index (χ1) is 13.0. The zero-order valence-corrected chi connectivity index (χ0v) is 15.6. The van der Waals surface area contributed by atoms with Crippen LogP contribution in [-0.4, -0.2) is 41.8 Å². The SMILES string of the molecule is Cc1ccc(NC(=O)NCC2CCCN(C(=O)Nc3cc(C)no3)C2)cc1. The highest BCUT2D eigenvalue weighted by Crippen LogP contribution is 2.18. The number of carbonyl (C=O) groups excluding carboxylic acids is 2. The van der Waals surface area contributed by atoms with E-state index in [4.69, 9.17) is 4.52 Å². The number of benzene rings is 1. The van der Waals surface area contributed by atoms with E-state index in [0.717, 1.165) is 24.1 Å². The molecule has 0 radical (unpaired) electrons. The van der Waals surface area contributed by atoms with Gasteiger partial charge in [0.15, 0.2) is 0 Å². The number of nitrogens with one attached hydrogen (secondary N) is 3. The maximum absolute atomic E-state index is 12.4. The average Bonchev–Trinajstić information content (AvgIpc) is 3.07. The molecule has 1 aliphatic rings. The number of aromatic nitrogens is 1. The predicted molar refractivity (Wildman–Crippen MR) is 103 cm³/mol. The highest BCUT2D eigenvalue weighted by molar-refractivity contribution is 5.89. The molecule has 1 unspecified atom stereocenters. The molecular formula is C19H25N5O3. The fourth-order valence-corrected chi connectivity index (χ4v) is 3.07. The van der Waals surface area contributed by atoms with Crippen LogP contribution in [0.3, 0.4) is 0 Å². The number of anilines is 2. The lowest BCUT2D eigenvalue weighted by molar-refractivity contribution is 0.176. The maximum atomic E-state index is 12.4. The van der Waals surface area contributed by atoms with Crippen LogP contribution in [0.15, 0.2) is 34.9 Å². The Kier molecular flexibility index (Phi) is 5.95. The third kappa shape index (κ3) is 5.47. The molecule has 1 aromatic heterocycles. The van der Waals surface area contributed by atoms with Gasteiger partial charge in [-0.25, -0.2) is 9.59 Å². The van der Waals surface area contributed by atoms with E-state index in [1.807, 2.05) is 31.2 Å². The molecule has 8 nitrogen and oxygen atoms in total. The molecule has 3 rings (SSSR count). The molecule has 8 heteroatoms. The van der Waals surface area contributed by atoms with Crippen LogP contribution in [0.4, 0.5) is 21.2 Å². The quantitative estimate of drug-likeness (QED) is 0.767. The number of piperidine rings is 1. The Morgan fingerprint density at radius 1 is 1.22 bits per heavy atom. The minimum absolute atomic E-state index is 0.208. The van der Waals surface area contributed by atoms with Crippen LogP contribution in [0, 0.1) is 19.8 Å². The molecule has 27 heavy (non-hydrogen) atoms. The largest absolute Gasteiger partial charge is 0.338 e. The fourth-order valence-electron chi connectivity index (χ4n) is 3.07. The average molecular weight is 371 g/mol. The number of hydrogen-bond donors (Lipinski definition) is 3. The van der Waals surface area contributed by atoms with Crippen molar-refractivity contribution in [3.8, 4) is 0 Å². The number of nitrogens with zero attached hydrogens (tertiary/aromatic N) is 2. The fraction of sp³-hybridized carbons (Fsp3) is 0.421. The third-order valence-electron chi connectivity index (χ3n) is 4.53. The minimum Gasteiger partial charge on any atom is -0.338 e. The minimum atomic E-state index is -0.238. The van der Waals surface area contributed by atoms with Gasteiger partial charge in [-0.2, -0.15) is 0 Å². The van der Waals surface area contributed by atoms with E-state index >= 15 is 0 Å². The molecule has 1 fully saturated rings. The second kappa shape index (κ2) is 8.57. The summed E-state index contributed by atoms with van der Waals surface area (Å²) < 4.78 is 5.02. The zero-order chi connectivity index (χ0) is 19.2. The van der Waals surface area contributed by atoms with Crippen molar-refractivity contribution in [2.45, 2.75) is 26.7 Å². The molecule has 1 aliphatic heterocycles. The van der Waals surface area contributed by atoms with Crippen molar-refractivity contribution in [1.82, 2.24) is 15.4 Å². The van der Waals surface area contributed by atoms with E-state index in [-0.39, 0.29) is 18.0 Å². The molecule has 1 atom stereocenters. The standard InChI is InChI=1S/C19H25N5O3/c1-13-5-7-16(8-6-13)21-18(25)20-11-15-4-3-9-24(12-15)19(26)22-17-10-14(2)23-27-17/h5-8,10,15H,3-4,9,11-12H2,1-2H3,(H,22,26)(H2,20,21,25). The topological polar surface area (TPSA) is 99.5 Å². The Bertz CT molecular complexity index is 787. The van der Waals surface area contributed by atoms with Gasteiger partial charge in [0.1, 0.15) is 0 Å². The van der Waals surface area contributed by atoms with Crippen molar-refractivity contribution < 1.29 is 14.1 Å². The summed E-state index contributed by atoms with van der Waals surface area (Å²) in [4.78, 5) is 26.2. The summed E-state index contributed by atoms with van der Waals surface area (Å²) in [6.45, 7) is 5.58. The van der Waals surface area contributed by atoms with E-state index in [1.165, 1.54) is 0 Å². The number of likely N-dealkylation sites (tertiary alicyclic amines) is 1. The number of urea groups is 2. The molecule has 0 aliphatic carbocycles. The predicted octanol–water partition coefficient (Wildman–Crippen LogP) is 3.36. The molecule has 4 amide bonds. The number of hydrogen-bond acceptors (Lipinski definition) is 4. The Labute approximate surface area is 158 Å². The summed E-state index contributed by atoms with van der Waals surface area (Å²) in [5.74, 6) is 0.556. The smallest absolute Gasteiger partial charge is 0.324 e. The lowest BCUT2D eigenvalue weighted by atomic mass is 9.98. The van der Waals surface area contributed by atoms with Crippen LogP contribution >= 0.6 is 0 Å². The van der Waals surface area contributed by atoms with Gasteiger partial charge in [-0.3, -0.25) is 5.32 Å². The summed E-state index contributed by atoms with van der Waals surface area (Å²) in [7, 11) is 0. The van der Waals surface area contributed by atoms with Crippen molar-refractivity contribution in [1.29, 1.82) is 0 Å². The van der Waals surface area contributed by atoms with Gasteiger partial charge in [0.05, 0.1) is 5.69 Å². The van der Waals surface area contributed by atoms with E-state index in [9.17, 15) is 9.59 Å². The number of aryl methyl sites for hydroxylation is 2. The Balaban J connectivity index is 1.44. The van der Waals surface area contributed by atoms with Crippen molar-refractivity contribution >= 4 is 23.6 Å². The lowest BCUT2D eigenvalue weighted by Crippen LogP contribution is -2.45. The van der Waals surface area contributed by atoms with Crippen LogP contribution in [0.2, 0.25) is 0 Å². The van der Waals surface area contributed by atoms with Gasteiger partial charge >= 0.3 is 12.1 Å². The Morgan fingerprint density at radius 3 is 2.70 bits per heavy atom. The molecule has 1 aromatic carbocycles. The van der Waals surface area contributed by atoms with Crippen LogP contribution in [0.25, 0.3) is 0 Å². The molecule has 3 N–H and O–H groups in total. The summed E-state index contributed by atoms with van der Waals surface area (Å²) in [5, 5.41) is 12.2. The first kappa shape index (κ1) is 18.8. The van der Waals surface area contributed by atoms with E-state index < -0.39 is 0 Å². The molecule has 144 valence electrons. The van der Waals surface area contributed by atoms with Gasteiger partial charge in [0, 0.05) is 31.4 Å². The molecule has 0 saturated carbocycles. The molecular weight excluding hydrogens is 346 g/mol. The highest BCUT2D eigenvalue weighted by Gasteiger charge is 2.24. The summed E-state index contributed by atoms with van der Waals surface area (Å²) in [6, 6.07) is 8.86. The van der Waals surface area contributed by atoms with Crippen LogP contribution in [0.5, 0.6) is 0 Å². The number of amides is 4. The van der Waals surface area contributed by atoms with Gasteiger partial charge in [0.2, 0.25) is 5.88 Å². The third-order valence-corrected chi connectivity index (χ3v) is 4.53. The van der Waals surface area contributed by atoms with Crippen molar-refractivity contribution in [2.75, 3.05) is 30.3 Å². The van der Waals surface area contributed by atoms with Gasteiger partial charge in [-0.1, -0.05) is 22.9 Å². The molecule has 0 spiro atoms. The maximum Gasteiger partial charge on any atom is 0.324 e. The van der Waals surface area contributed by atoms with E-state index in [1.54, 1.807) is 17.9 Å². The molecule has 1 saturated heterocycles. The lowest BCUT2D eigenvalue weighted by Gasteiger charge is -2.32. The first-order valence-corrected chi connectivity index (χ1v) is 9.10. The Hall–Kier alpha value is -3.03. The number of rotatable bonds is 4. The monoisotopic (exact) mass is 371 g/mol. The number of carbonyl (C=O) groups is 2. The summed E-state index contributed by atoms with van der Waals surface area (Å²) >= 11 is 0. The van der Waals surface area contributed by atoms with Gasteiger partial charge in [-0.15, -0.1) is 0 Å². The zero-order valence-electron chi connectivity index (χ0n) is 15.6. The second-order valence-electron chi connectivity index (χ2n) is 6.92. The molecule has 2 heterocycles. The van der Waals surface area contributed by atoms with Crippen molar-refractivity contribution in [2.24, 2.45) is 5.92 Å². The van der Waals surface area contributed by atoms with E-state index in [2.05, 4.69) is 21.1 Å². The van der Waals surface area contributed by atoms with Crippen LogP contribution in [0.1, 0.15) is 24.1 Å². The summed E-state index contributed by atoms with van der Waals surface area (Å²) in [6.07, 6.45) is 1.87. The molecule has 0 bridgehead atoms. The van der Waals surface area contributed by atoms with Crippen molar-refractivity contribution in [3.63, 3.8) is 0 Å². The van der Waals surface area contributed by atoms with Crippen molar-refractivity contribution in [3.05, 3.63) is 41.6 Å². The van der Waals surface area contributed by atoms with Crippen LogP contribution < -0.4 is 16.0 Å². The van der Waals surface area contributed by atoms with Gasteiger partial charge in [0.25, 0.3) is 0 Å². The molecule has 2 aromatic rings. The van der Waals surface area contributed by atoms with Gasteiger partial charge in [-0.05, 0) is 44.7 Å². The summed E-state index contributed by atoms with van der Waals surface area (Å²) in [5.41, 5.74) is 2.61. The van der Waals surface area contributed by atoms with Crippen LogP contribution in [-0.2, 0) is 0 Å². The second-order valence-corrected chi connectivity index (χ2v) is 6.92. The first-order valence-electron chi connectivity index (χ1n) is 9.10. The van der Waals surface area contributed by atoms with Gasteiger partial charge < -0.3 is 20.1 Å². The van der Waals surface area contributed by atoms with E-state index in [0.29, 0.717) is 31.2 Å². The normalized spacial score (nSPS) is 16.7. The highest BCUT2D eigenvalue weighted by atomic mass is 16.5. The Morgan fingerprint density at radius 2 is 2.00 bits per heavy atom.